The molecule has 2 aromatic rings. The Bertz CT molecular complexity index is 986. The van der Waals surface area contributed by atoms with E-state index in [9.17, 15) is 17.6 Å². The molecule has 1 heterocycles. The molecule has 0 N–H and O–H groups in total. The highest BCUT2D eigenvalue weighted by Crippen LogP contribution is 2.22. The van der Waals surface area contributed by atoms with Crippen LogP contribution in [0.5, 0.6) is 0 Å². The number of rotatable bonds is 3. The molecule has 0 unspecified atom stereocenters. The molecule has 0 bridgehead atoms. The molecule has 27 heavy (non-hydrogen) atoms. The number of aryl methyl sites for hydroxylation is 2. The Hall–Kier alpha value is -1.96. The van der Waals surface area contributed by atoms with E-state index in [0.29, 0.717) is 0 Å². The molecule has 1 aliphatic heterocycles. The van der Waals surface area contributed by atoms with Crippen LogP contribution in [0.3, 0.4) is 0 Å². The molecule has 1 amide bonds. The number of amides is 1. The van der Waals surface area contributed by atoms with Gasteiger partial charge in [-0.15, -0.1) is 0 Å². The summed E-state index contributed by atoms with van der Waals surface area (Å²) < 4.78 is 41.0. The van der Waals surface area contributed by atoms with Gasteiger partial charge in [0.2, 0.25) is 10.0 Å². The molecule has 0 saturated carbocycles. The minimum absolute atomic E-state index is 0.104. The Labute approximate surface area is 163 Å². The fourth-order valence-electron chi connectivity index (χ4n) is 2.99. The third-order valence-electron chi connectivity index (χ3n) is 4.80. The first-order valence-corrected chi connectivity index (χ1v) is 10.3. The Morgan fingerprint density at radius 3 is 2.30 bits per heavy atom. The summed E-state index contributed by atoms with van der Waals surface area (Å²) in [6.07, 6.45) is 0. The molecule has 8 heteroatoms. The summed E-state index contributed by atoms with van der Waals surface area (Å²) >= 11 is 5.85. The lowest BCUT2D eigenvalue weighted by molar-refractivity contribution is 0.0693. The van der Waals surface area contributed by atoms with Gasteiger partial charge in [0.05, 0.1) is 10.5 Å². The van der Waals surface area contributed by atoms with Gasteiger partial charge in [0, 0.05) is 31.2 Å². The zero-order valence-electron chi connectivity index (χ0n) is 15.1. The van der Waals surface area contributed by atoms with Gasteiger partial charge in [-0.1, -0.05) is 17.7 Å². The maximum atomic E-state index is 13.9. The van der Waals surface area contributed by atoms with Crippen molar-refractivity contribution in [2.45, 2.75) is 18.7 Å². The topological polar surface area (TPSA) is 57.7 Å². The van der Waals surface area contributed by atoms with Crippen LogP contribution < -0.4 is 0 Å². The van der Waals surface area contributed by atoms with E-state index in [4.69, 9.17) is 11.6 Å². The lowest BCUT2D eigenvalue weighted by Crippen LogP contribution is -2.50. The summed E-state index contributed by atoms with van der Waals surface area (Å²) in [4.78, 5) is 14.2. The number of sulfonamides is 1. The predicted octanol–water partition coefficient (Wildman–Crippen LogP) is 3.24. The molecule has 144 valence electrons. The number of halogens is 2. The number of benzene rings is 2. The van der Waals surface area contributed by atoms with Gasteiger partial charge < -0.3 is 4.90 Å². The van der Waals surface area contributed by atoms with E-state index in [0.717, 1.165) is 17.2 Å². The molecule has 0 radical (unpaired) electrons. The highest BCUT2D eigenvalue weighted by Gasteiger charge is 2.31. The van der Waals surface area contributed by atoms with Gasteiger partial charge in [-0.2, -0.15) is 4.31 Å². The van der Waals surface area contributed by atoms with E-state index in [-0.39, 0.29) is 41.7 Å². The van der Waals surface area contributed by atoms with Crippen LogP contribution in [0.15, 0.2) is 41.3 Å². The summed E-state index contributed by atoms with van der Waals surface area (Å²) in [6.45, 7) is 4.48. The third-order valence-corrected chi connectivity index (χ3v) is 6.93. The second-order valence-corrected chi connectivity index (χ2v) is 8.94. The molecule has 5 nitrogen and oxygen atoms in total. The molecular weight excluding hydrogens is 391 g/mol. The van der Waals surface area contributed by atoms with Crippen molar-refractivity contribution >= 4 is 27.5 Å². The van der Waals surface area contributed by atoms with Crippen LogP contribution in [0.2, 0.25) is 5.02 Å². The van der Waals surface area contributed by atoms with Crippen LogP contribution in [0, 0.1) is 19.7 Å². The minimum Gasteiger partial charge on any atom is -0.336 e. The quantitative estimate of drug-likeness (QED) is 0.780. The first-order chi connectivity index (χ1) is 12.7. The van der Waals surface area contributed by atoms with Gasteiger partial charge in [-0.05, 0) is 55.3 Å². The van der Waals surface area contributed by atoms with Gasteiger partial charge in [-0.25, -0.2) is 12.8 Å². The van der Waals surface area contributed by atoms with E-state index in [1.54, 1.807) is 18.2 Å². The normalized spacial score (nSPS) is 15.8. The number of hydrogen-bond acceptors (Lipinski definition) is 3. The van der Waals surface area contributed by atoms with Crippen molar-refractivity contribution < 1.29 is 17.6 Å². The molecule has 1 saturated heterocycles. The minimum atomic E-state index is -3.63. The van der Waals surface area contributed by atoms with E-state index in [2.05, 4.69) is 0 Å². The second kappa shape index (κ2) is 7.58. The van der Waals surface area contributed by atoms with Crippen LogP contribution >= 0.6 is 11.6 Å². The smallest absolute Gasteiger partial charge is 0.256 e. The monoisotopic (exact) mass is 410 g/mol. The van der Waals surface area contributed by atoms with Gasteiger partial charge >= 0.3 is 0 Å². The third kappa shape index (κ3) is 4.00. The molecule has 1 aliphatic rings. The highest BCUT2D eigenvalue weighted by molar-refractivity contribution is 7.89. The van der Waals surface area contributed by atoms with Crippen LogP contribution in [0.1, 0.15) is 21.5 Å². The van der Waals surface area contributed by atoms with Crippen molar-refractivity contribution in [2.75, 3.05) is 26.2 Å². The fourth-order valence-corrected chi connectivity index (χ4v) is 4.67. The first kappa shape index (κ1) is 19.8. The standard InChI is InChI=1S/C19H20ClFN2O3S/c1-13-3-5-16(11-14(13)2)27(25,26)23-9-7-22(8-10-23)19(24)17-12-15(20)4-6-18(17)21/h3-6,11-12H,7-10H2,1-2H3. The first-order valence-electron chi connectivity index (χ1n) is 8.52. The molecular formula is C19H20ClFN2O3S. The van der Waals surface area contributed by atoms with Gasteiger partial charge in [-0.3, -0.25) is 4.79 Å². The number of hydrogen-bond donors (Lipinski definition) is 0. The molecule has 0 aliphatic carbocycles. The zero-order chi connectivity index (χ0) is 19.8. The largest absolute Gasteiger partial charge is 0.336 e. The Kier molecular flexibility index (Phi) is 5.55. The SMILES string of the molecule is Cc1ccc(S(=O)(=O)N2CCN(C(=O)c3cc(Cl)ccc3F)CC2)cc1C. The van der Waals surface area contributed by atoms with E-state index < -0.39 is 21.7 Å². The average molecular weight is 411 g/mol. The number of piperazine rings is 1. The number of carbonyl (C=O) groups is 1. The Morgan fingerprint density at radius 2 is 1.67 bits per heavy atom. The lowest BCUT2D eigenvalue weighted by atomic mass is 10.1. The van der Waals surface area contributed by atoms with Crippen molar-refractivity contribution in [3.8, 4) is 0 Å². The average Bonchev–Trinajstić information content (AvgIpc) is 2.65. The van der Waals surface area contributed by atoms with E-state index in [1.807, 2.05) is 13.8 Å². The van der Waals surface area contributed by atoms with Gasteiger partial charge in [0.15, 0.2) is 0 Å². The molecule has 0 atom stereocenters. The molecule has 2 aromatic carbocycles. The molecule has 0 aromatic heterocycles. The van der Waals surface area contributed by atoms with Crippen molar-refractivity contribution in [1.82, 2.24) is 9.21 Å². The van der Waals surface area contributed by atoms with Crippen LogP contribution in [-0.4, -0.2) is 49.7 Å². The second-order valence-electron chi connectivity index (χ2n) is 6.57. The summed E-state index contributed by atoms with van der Waals surface area (Å²) in [5.41, 5.74) is 1.82. The van der Waals surface area contributed by atoms with Crippen LogP contribution in [-0.2, 0) is 10.0 Å². The van der Waals surface area contributed by atoms with Gasteiger partial charge in [0.25, 0.3) is 5.91 Å². The van der Waals surface area contributed by atoms with Crippen LogP contribution in [0.25, 0.3) is 0 Å². The molecule has 1 fully saturated rings. The molecule has 0 spiro atoms. The fraction of sp³-hybridized carbons (Fsp3) is 0.316. The van der Waals surface area contributed by atoms with Crippen molar-refractivity contribution in [1.29, 1.82) is 0 Å². The summed E-state index contributed by atoms with van der Waals surface area (Å²) in [7, 11) is -3.63. The maximum Gasteiger partial charge on any atom is 0.256 e. The van der Waals surface area contributed by atoms with Gasteiger partial charge in [0.1, 0.15) is 5.82 Å². The predicted molar refractivity (Wildman–Crippen MR) is 102 cm³/mol. The summed E-state index contributed by atoms with van der Waals surface area (Å²) in [6, 6.07) is 8.85. The zero-order valence-corrected chi connectivity index (χ0v) is 16.6. The highest BCUT2D eigenvalue weighted by atomic mass is 35.5. The number of nitrogens with zero attached hydrogens (tertiary/aromatic N) is 2. The van der Waals surface area contributed by atoms with Crippen LogP contribution in [0.4, 0.5) is 4.39 Å². The molecule has 3 rings (SSSR count). The lowest BCUT2D eigenvalue weighted by Gasteiger charge is -2.34. The number of carbonyl (C=O) groups excluding carboxylic acids is 1. The van der Waals surface area contributed by atoms with Crippen molar-refractivity contribution in [3.63, 3.8) is 0 Å². The van der Waals surface area contributed by atoms with Crippen molar-refractivity contribution in [2.24, 2.45) is 0 Å². The summed E-state index contributed by atoms with van der Waals surface area (Å²) in [5.74, 6) is -1.13. The van der Waals surface area contributed by atoms with E-state index >= 15 is 0 Å². The maximum absolute atomic E-state index is 13.9. The summed E-state index contributed by atoms with van der Waals surface area (Å²) in [5, 5.41) is 0.274. The Balaban J connectivity index is 1.73. The Morgan fingerprint density at radius 1 is 1.00 bits per heavy atom. The van der Waals surface area contributed by atoms with E-state index in [1.165, 1.54) is 21.3 Å². The van der Waals surface area contributed by atoms with Crippen molar-refractivity contribution in [3.05, 3.63) is 63.9 Å².